The number of hydrogen-bond acceptors (Lipinski definition) is 8. The van der Waals surface area contributed by atoms with Crippen molar-refractivity contribution in [3.05, 3.63) is 88.5 Å². The van der Waals surface area contributed by atoms with Crippen LogP contribution in [0.4, 0.5) is 0 Å². The van der Waals surface area contributed by atoms with Crippen LogP contribution in [0.15, 0.2) is 60.7 Å². The number of fused-ring (bicyclic) bond motifs is 6. The van der Waals surface area contributed by atoms with E-state index in [0.29, 0.717) is 45.4 Å². The van der Waals surface area contributed by atoms with Crippen LogP contribution in [0.2, 0.25) is 0 Å². The second-order valence-electron chi connectivity index (χ2n) is 10.8. The number of carbonyl (C=O) groups is 2. The lowest BCUT2D eigenvalue weighted by atomic mass is 9.79. The van der Waals surface area contributed by atoms with Gasteiger partial charge in [0.05, 0.1) is 30.8 Å². The van der Waals surface area contributed by atoms with E-state index in [9.17, 15) is 19.8 Å². The van der Waals surface area contributed by atoms with Crippen LogP contribution in [-0.4, -0.2) is 69.7 Å². The van der Waals surface area contributed by atoms with E-state index in [1.54, 1.807) is 50.3 Å². The lowest BCUT2D eigenvalue weighted by Gasteiger charge is -2.31. The zero-order valence-corrected chi connectivity index (χ0v) is 24.8. The Bertz CT molecular complexity index is 1860. The number of aliphatic hydroxyl groups excluding tert-OH is 1. The Labute approximate surface area is 257 Å². The molecule has 0 aliphatic carbocycles. The number of carbonyl (C=O) groups excluding carboxylic acids is 2. The minimum absolute atomic E-state index is 0.0635. The highest BCUT2D eigenvalue weighted by atomic mass is 16.5. The molecule has 2 aliphatic rings. The van der Waals surface area contributed by atoms with Gasteiger partial charge in [0.2, 0.25) is 0 Å². The van der Waals surface area contributed by atoms with Gasteiger partial charge in [-0.05, 0) is 31.2 Å². The van der Waals surface area contributed by atoms with Gasteiger partial charge in [-0.2, -0.15) is 0 Å². The molecule has 0 aromatic heterocycles. The van der Waals surface area contributed by atoms with E-state index >= 15 is 0 Å². The summed E-state index contributed by atoms with van der Waals surface area (Å²) in [7, 11) is 14.7. The molecule has 2 unspecified atom stereocenters. The molecule has 2 heterocycles. The normalized spacial score (nSPS) is 19.6. The van der Waals surface area contributed by atoms with Crippen molar-refractivity contribution >= 4 is 61.3 Å². The van der Waals surface area contributed by atoms with E-state index in [1.807, 2.05) is 36.4 Å². The molecule has 0 saturated carbocycles. The predicted octanol–water partition coefficient (Wildman–Crippen LogP) is 5.07. The average Bonchev–Trinajstić information content (AvgIpc) is 3.01. The zero-order valence-electron chi connectivity index (χ0n) is 24.8. The SMILES string of the molecule is [B]C1(C)C=Cc2c(C(=O)OC)c(CCO)c3ccccc3c2O1.[B]C1(C)C=Cc2c(C(=O)OC)c(O)c3ccccc3c2O1. The molecular formula is C34H30B2O8. The third kappa shape index (κ3) is 5.53. The topological polar surface area (TPSA) is 112 Å². The maximum Gasteiger partial charge on any atom is 0.342 e. The van der Waals surface area contributed by atoms with Gasteiger partial charge in [-0.1, -0.05) is 72.8 Å². The molecule has 2 atom stereocenters. The molecule has 44 heavy (non-hydrogen) atoms. The summed E-state index contributed by atoms with van der Waals surface area (Å²) in [6.45, 7) is 3.40. The molecule has 0 spiro atoms. The van der Waals surface area contributed by atoms with Crippen molar-refractivity contribution in [2.75, 3.05) is 20.8 Å². The van der Waals surface area contributed by atoms with Gasteiger partial charge in [0.1, 0.15) is 38.5 Å². The van der Waals surface area contributed by atoms with E-state index in [2.05, 4.69) is 0 Å². The fourth-order valence-electron chi connectivity index (χ4n) is 5.47. The van der Waals surface area contributed by atoms with Crippen molar-refractivity contribution in [2.45, 2.75) is 31.3 Å². The Morgan fingerprint density at radius 3 is 1.68 bits per heavy atom. The fraction of sp³-hybridized carbons (Fsp3) is 0.235. The molecule has 2 aliphatic heterocycles. The van der Waals surface area contributed by atoms with Crippen molar-refractivity contribution in [1.29, 1.82) is 0 Å². The first-order valence-electron chi connectivity index (χ1n) is 13.9. The zero-order chi connectivity index (χ0) is 31.8. The number of hydrogen-bond donors (Lipinski definition) is 2. The lowest BCUT2D eigenvalue weighted by Crippen LogP contribution is -2.32. The molecule has 8 nitrogen and oxygen atoms in total. The largest absolute Gasteiger partial charge is 0.506 e. The highest BCUT2D eigenvalue weighted by Crippen LogP contribution is 2.45. The van der Waals surface area contributed by atoms with Crippen molar-refractivity contribution in [3.8, 4) is 17.2 Å². The summed E-state index contributed by atoms with van der Waals surface area (Å²) in [4.78, 5) is 24.4. The highest BCUT2D eigenvalue weighted by Gasteiger charge is 2.31. The summed E-state index contributed by atoms with van der Waals surface area (Å²) >= 11 is 0. The van der Waals surface area contributed by atoms with Gasteiger partial charge >= 0.3 is 11.9 Å². The van der Waals surface area contributed by atoms with Crippen LogP contribution in [-0.2, 0) is 15.9 Å². The van der Waals surface area contributed by atoms with Crippen LogP contribution in [0.3, 0.4) is 0 Å². The minimum atomic E-state index is -0.972. The summed E-state index contributed by atoms with van der Waals surface area (Å²) in [5.41, 5.74) is 0.451. The monoisotopic (exact) mass is 588 g/mol. The van der Waals surface area contributed by atoms with E-state index in [4.69, 9.17) is 34.6 Å². The molecule has 4 radical (unpaired) electrons. The van der Waals surface area contributed by atoms with E-state index in [0.717, 1.165) is 16.3 Å². The van der Waals surface area contributed by atoms with Crippen molar-refractivity contribution in [3.63, 3.8) is 0 Å². The van der Waals surface area contributed by atoms with Gasteiger partial charge < -0.3 is 29.2 Å². The van der Waals surface area contributed by atoms with Gasteiger partial charge in [0.15, 0.2) is 0 Å². The first-order valence-corrected chi connectivity index (χ1v) is 13.9. The molecule has 220 valence electrons. The Morgan fingerprint density at radius 1 is 0.750 bits per heavy atom. The second-order valence-corrected chi connectivity index (χ2v) is 10.8. The van der Waals surface area contributed by atoms with Gasteiger partial charge in [-0.3, -0.25) is 0 Å². The number of benzene rings is 4. The first-order chi connectivity index (χ1) is 20.9. The molecular weight excluding hydrogens is 558 g/mol. The summed E-state index contributed by atoms with van der Waals surface area (Å²) in [6.07, 6.45) is 7.16. The van der Waals surface area contributed by atoms with Crippen LogP contribution in [0, 0.1) is 0 Å². The average molecular weight is 588 g/mol. The van der Waals surface area contributed by atoms with Gasteiger partial charge in [-0.15, -0.1) is 0 Å². The number of methoxy groups -OCH3 is 2. The minimum Gasteiger partial charge on any atom is -0.506 e. The first kappa shape index (κ1) is 30.8. The van der Waals surface area contributed by atoms with Crippen LogP contribution >= 0.6 is 0 Å². The number of ether oxygens (including phenoxy) is 4. The predicted molar refractivity (Wildman–Crippen MR) is 171 cm³/mol. The summed E-state index contributed by atoms with van der Waals surface area (Å²) in [5.74, 6) is -0.163. The summed E-state index contributed by atoms with van der Waals surface area (Å²) < 4.78 is 21.4. The van der Waals surface area contributed by atoms with Crippen LogP contribution in [0.25, 0.3) is 33.7 Å². The molecule has 0 bridgehead atoms. The lowest BCUT2D eigenvalue weighted by molar-refractivity contribution is 0.0588. The Balaban J connectivity index is 0.000000175. The summed E-state index contributed by atoms with van der Waals surface area (Å²) in [6, 6.07) is 14.7. The molecule has 0 fully saturated rings. The maximum atomic E-state index is 12.4. The third-order valence-corrected chi connectivity index (χ3v) is 7.44. The van der Waals surface area contributed by atoms with Crippen LogP contribution in [0.5, 0.6) is 17.2 Å². The number of esters is 2. The number of aliphatic hydroxyl groups is 1. The maximum absolute atomic E-state index is 12.4. The molecule has 4 aromatic carbocycles. The number of phenolic OH excluding ortho intramolecular Hbond substituents is 1. The second kappa shape index (κ2) is 11.8. The smallest absolute Gasteiger partial charge is 0.342 e. The Kier molecular flexibility index (Phi) is 8.23. The van der Waals surface area contributed by atoms with Crippen molar-refractivity contribution in [1.82, 2.24) is 0 Å². The molecule has 2 N–H and O–H groups in total. The molecule has 10 heteroatoms. The Hall–Kier alpha value is -4.69. The van der Waals surface area contributed by atoms with E-state index in [-0.39, 0.29) is 17.9 Å². The van der Waals surface area contributed by atoms with Crippen LogP contribution in [0.1, 0.15) is 51.3 Å². The quantitative estimate of drug-likeness (QED) is 0.251. The number of phenols is 1. The van der Waals surface area contributed by atoms with E-state index < -0.39 is 22.9 Å². The van der Waals surface area contributed by atoms with E-state index in [1.165, 1.54) is 14.2 Å². The van der Waals surface area contributed by atoms with Crippen LogP contribution < -0.4 is 9.47 Å². The fourth-order valence-corrected chi connectivity index (χ4v) is 5.47. The molecule has 6 rings (SSSR count). The standard InChI is InChI=1S/C18H17BO4.C16H13BO4/c1-18(19)9-7-14-15(17(21)22-2)12(8-10-20)11-5-3-4-6-13(11)16(14)23-18;1-16(17)8-7-11-12(15(19)20-2)13(18)9-5-3-4-6-10(9)14(11)21-16/h3-7,9,20H,8,10H2,1-2H3;3-8,18H,1-2H3. The van der Waals surface area contributed by atoms with Crippen molar-refractivity contribution in [2.24, 2.45) is 0 Å². The molecule has 0 amide bonds. The highest BCUT2D eigenvalue weighted by molar-refractivity contribution is 6.18. The van der Waals surface area contributed by atoms with Gasteiger partial charge in [-0.25, -0.2) is 9.59 Å². The number of rotatable bonds is 4. The van der Waals surface area contributed by atoms with Crippen molar-refractivity contribution < 1.29 is 38.7 Å². The van der Waals surface area contributed by atoms with Gasteiger partial charge in [0.25, 0.3) is 0 Å². The third-order valence-electron chi connectivity index (χ3n) is 7.44. The summed E-state index contributed by atoms with van der Waals surface area (Å²) in [5, 5.41) is 22.8. The van der Waals surface area contributed by atoms with Gasteiger partial charge in [0, 0.05) is 33.9 Å². The number of aromatic hydroxyl groups is 1. The Morgan fingerprint density at radius 2 is 1.18 bits per heavy atom. The molecule has 0 saturated heterocycles. The molecule has 4 aromatic rings.